The molecule has 9 heteroatoms. The lowest BCUT2D eigenvalue weighted by Crippen LogP contribution is -2.46. The number of carbonyl (C=O) groups is 3. The third-order valence-electron chi connectivity index (χ3n) is 11.3. The van der Waals surface area contributed by atoms with Crippen LogP contribution in [0.25, 0.3) is 0 Å². The molecule has 2 fully saturated rings. The minimum atomic E-state index is -1.24. The van der Waals surface area contributed by atoms with Gasteiger partial charge in [0, 0.05) is 43.6 Å². The van der Waals surface area contributed by atoms with Crippen molar-refractivity contribution in [2.75, 3.05) is 6.61 Å². The van der Waals surface area contributed by atoms with E-state index in [9.17, 15) is 29.7 Å². The van der Waals surface area contributed by atoms with Gasteiger partial charge in [-0.2, -0.15) is 0 Å². The van der Waals surface area contributed by atoms with Crippen molar-refractivity contribution in [3.63, 3.8) is 0 Å². The molecule has 0 unspecified atom stereocenters. The van der Waals surface area contributed by atoms with Crippen LogP contribution in [0.2, 0.25) is 0 Å². The van der Waals surface area contributed by atoms with E-state index in [4.69, 9.17) is 14.2 Å². The van der Waals surface area contributed by atoms with Gasteiger partial charge in [-0.05, 0) is 70.1 Å². The van der Waals surface area contributed by atoms with E-state index in [-0.39, 0.29) is 55.1 Å². The summed E-state index contributed by atoms with van der Waals surface area (Å²) in [6.07, 6.45) is 24.7. The van der Waals surface area contributed by atoms with Gasteiger partial charge in [-0.15, -0.1) is 5.73 Å². The molecule has 3 N–H and O–H groups in total. The molecule has 0 bridgehead atoms. The number of ether oxygens (including phenoxy) is 3. The Hall–Kier alpha value is -4.43. The summed E-state index contributed by atoms with van der Waals surface area (Å²) in [6.45, 7) is 20.6. The first-order valence-corrected chi connectivity index (χ1v) is 20.1. The van der Waals surface area contributed by atoms with E-state index in [0.29, 0.717) is 29.6 Å². The molecule has 0 aromatic rings. The van der Waals surface area contributed by atoms with Gasteiger partial charge in [0.25, 0.3) is 0 Å². The van der Waals surface area contributed by atoms with Crippen LogP contribution in [0.1, 0.15) is 128 Å². The molecule has 3 rings (SSSR count). The Kier molecular flexibility index (Phi) is 15.9. The Bertz CT molecular complexity index is 1830. The predicted octanol–water partition coefficient (Wildman–Crippen LogP) is 10.4. The van der Waals surface area contributed by atoms with Gasteiger partial charge in [0.15, 0.2) is 17.1 Å². The Morgan fingerprint density at radius 3 is 2.05 bits per heavy atom. The lowest BCUT2D eigenvalue weighted by Gasteiger charge is -2.44. The predicted molar refractivity (Wildman–Crippen MR) is 225 cm³/mol. The zero-order valence-electron chi connectivity index (χ0n) is 36.1. The van der Waals surface area contributed by atoms with Crippen LogP contribution in [-0.4, -0.2) is 62.6 Å². The van der Waals surface area contributed by atoms with Crippen molar-refractivity contribution in [1.82, 2.24) is 0 Å². The number of hydrogen-bond donors (Lipinski definition) is 3. The van der Waals surface area contributed by atoms with Crippen LogP contribution in [0.4, 0.5) is 0 Å². The third kappa shape index (κ3) is 12.3. The topological polar surface area (TPSA) is 143 Å². The van der Waals surface area contributed by atoms with E-state index in [1.54, 1.807) is 32.9 Å². The van der Waals surface area contributed by atoms with Crippen molar-refractivity contribution in [3.05, 3.63) is 112 Å². The monoisotopic (exact) mass is 786 g/mol. The van der Waals surface area contributed by atoms with Gasteiger partial charge >= 0.3 is 11.9 Å². The Morgan fingerprint density at radius 2 is 1.47 bits per heavy atom. The van der Waals surface area contributed by atoms with Gasteiger partial charge in [-0.1, -0.05) is 119 Å². The van der Waals surface area contributed by atoms with E-state index in [0.717, 1.165) is 30.4 Å². The van der Waals surface area contributed by atoms with Gasteiger partial charge in [-0.25, -0.2) is 0 Å². The van der Waals surface area contributed by atoms with Crippen LogP contribution in [0.3, 0.4) is 0 Å². The lowest BCUT2D eigenvalue weighted by atomic mass is 9.63. The van der Waals surface area contributed by atoms with Crippen LogP contribution in [0.5, 0.6) is 0 Å². The molecule has 9 nitrogen and oxygen atoms in total. The molecule has 2 aliphatic carbocycles. The number of allylic oxidation sites excluding steroid dienone is 14. The van der Waals surface area contributed by atoms with Crippen LogP contribution in [-0.2, 0) is 28.6 Å². The number of esters is 2. The Labute approximate surface area is 340 Å². The third-order valence-corrected chi connectivity index (χ3v) is 11.3. The summed E-state index contributed by atoms with van der Waals surface area (Å²) in [4.78, 5) is 37.2. The lowest BCUT2D eigenvalue weighted by molar-refractivity contribution is -0.152. The first-order chi connectivity index (χ1) is 26.5. The number of Topliss-reactive ketones (excluding diaryl/α,β-unsaturated/α-hetero) is 1. The highest BCUT2D eigenvalue weighted by atomic mass is 16.6. The van der Waals surface area contributed by atoms with Crippen molar-refractivity contribution in [1.29, 1.82) is 0 Å². The molecule has 312 valence electrons. The summed E-state index contributed by atoms with van der Waals surface area (Å²) in [5.41, 5.74) is 3.11. The van der Waals surface area contributed by atoms with Crippen molar-refractivity contribution in [3.8, 4) is 0 Å². The average molecular weight is 787 g/mol. The number of carbonyl (C=O) groups excluding carboxylic acids is 3. The van der Waals surface area contributed by atoms with Gasteiger partial charge < -0.3 is 29.5 Å². The van der Waals surface area contributed by atoms with Crippen LogP contribution in [0, 0.1) is 10.8 Å². The van der Waals surface area contributed by atoms with E-state index in [2.05, 4.69) is 12.7 Å². The fourth-order valence-electron chi connectivity index (χ4n) is 8.11. The fraction of sp³-hybridized carbons (Fsp3) is 0.542. The molecule has 4 atom stereocenters. The minimum absolute atomic E-state index is 0.0672. The highest BCUT2D eigenvalue weighted by Crippen LogP contribution is 2.67. The SMILES string of the molecule is CCCCCC(=O)OC\C(C=C=C1C(C)(C)C[C@H](OC(C)=O)C[C@@]1(C)O)=C/C=C/C(C)=C/C=C/C=C(C)/C=C/C=C(\C)C(=O)C[C@@]12O[C@]1(C)C(O)=C(O)CC2(C)C. The highest BCUT2D eigenvalue weighted by molar-refractivity contribution is 5.96. The van der Waals surface area contributed by atoms with Crippen molar-refractivity contribution in [2.45, 2.75) is 150 Å². The summed E-state index contributed by atoms with van der Waals surface area (Å²) < 4.78 is 17.1. The first-order valence-electron chi connectivity index (χ1n) is 20.1. The summed E-state index contributed by atoms with van der Waals surface area (Å²) in [7, 11) is 0. The molecule has 0 aromatic carbocycles. The van der Waals surface area contributed by atoms with E-state index >= 15 is 0 Å². The van der Waals surface area contributed by atoms with Gasteiger partial charge in [-0.3, -0.25) is 14.4 Å². The number of rotatable bonds is 17. The number of ketones is 1. The second-order valence-corrected chi connectivity index (χ2v) is 17.5. The van der Waals surface area contributed by atoms with E-state index < -0.39 is 33.7 Å². The second-order valence-electron chi connectivity index (χ2n) is 17.5. The zero-order valence-corrected chi connectivity index (χ0v) is 36.1. The normalized spacial score (nSPS) is 27.8. The summed E-state index contributed by atoms with van der Waals surface area (Å²) in [6, 6.07) is 0. The number of aliphatic hydroxyl groups is 3. The quantitative estimate of drug-likeness (QED) is 0.0328. The number of unbranched alkanes of at least 4 members (excludes halogenated alkanes) is 2. The standard InChI is InChI=1S/C48H66O9/c1-12-13-14-25-42(52)55-32-37(26-27-41-44(6,7)28-38(56-36(5)49)29-46(41,10)54)24-18-22-34(3)20-16-15-19-33(2)21-17-23-35(4)39(50)31-48-45(8,9)30-40(51)43(53)47(48,11)57-48/h15-24,26,38,51,53-54H,12-14,25,28-32H2,1-11H3/b16-15+,21-17+,22-18+,33-19+,34-20+,35-23+,37-24-/t27?,38-,46+,47+,48-/m0/s1. The number of epoxide rings is 1. The van der Waals surface area contributed by atoms with Crippen LogP contribution < -0.4 is 0 Å². The average Bonchev–Trinajstić information content (AvgIpc) is 3.73. The van der Waals surface area contributed by atoms with Crippen molar-refractivity contribution >= 4 is 17.7 Å². The van der Waals surface area contributed by atoms with Crippen molar-refractivity contribution < 1.29 is 43.9 Å². The van der Waals surface area contributed by atoms with Gasteiger partial charge in [0.1, 0.15) is 24.1 Å². The second kappa shape index (κ2) is 19.3. The Balaban J connectivity index is 1.68. The first kappa shape index (κ1) is 46.9. The summed E-state index contributed by atoms with van der Waals surface area (Å²) in [5.74, 6) is -0.959. The molecule has 1 saturated heterocycles. The summed E-state index contributed by atoms with van der Waals surface area (Å²) >= 11 is 0. The maximum absolute atomic E-state index is 13.2. The smallest absolute Gasteiger partial charge is 0.306 e. The van der Waals surface area contributed by atoms with Gasteiger partial charge in [0.2, 0.25) is 0 Å². The number of fused-ring (bicyclic) bond motifs is 1. The molecule has 3 aliphatic rings. The molecule has 1 aliphatic heterocycles. The molecule has 0 spiro atoms. The Morgan fingerprint density at radius 1 is 0.860 bits per heavy atom. The van der Waals surface area contributed by atoms with Crippen molar-refractivity contribution in [2.24, 2.45) is 10.8 Å². The molecule has 0 amide bonds. The highest BCUT2D eigenvalue weighted by Gasteiger charge is 2.78. The molecule has 0 radical (unpaired) electrons. The van der Waals surface area contributed by atoms with Crippen LogP contribution in [0.15, 0.2) is 112 Å². The molecule has 1 saturated carbocycles. The molecule has 1 heterocycles. The fourth-order valence-corrected chi connectivity index (χ4v) is 8.11. The molecule has 57 heavy (non-hydrogen) atoms. The molecular formula is C48H66O9. The minimum Gasteiger partial charge on any atom is -0.509 e. The largest absolute Gasteiger partial charge is 0.509 e. The summed E-state index contributed by atoms with van der Waals surface area (Å²) in [5, 5.41) is 32.0. The number of aliphatic hydroxyl groups excluding tert-OH is 2. The molecule has 0 aromatic heterocycles. The van der Waals surface area contributed by atoms with Gasteiger partial charge in [0.05, 0.1) is 5.60 Å². The molecular weight excluding hydrogens is 721 g/mol. The van der Waals surface area contributed by atoms with Crippen LogP contribution >= 0.6 is 0 Å². The number of hydrogen-bond acceptors (Lipinski definition) is 9. The zero-order chi connectivity index (χ0) is 42.8. The van der Waals surface area contributed by atoms with E-state index in [1.807, 2.05) is 96.2 Å². The van der Waals surface area contributed by atoms with E-state index in [1.165, 1.54) is 6.92 Å². The maximum Gasteiger partial charge on any atom is 0.306 e. The maximum atomic E-state index is 13.2.